The predicted molar refractivity (Wildman–Crippen MR) is 88.0 cm³/mol. The summed E-state index contributed by atoms with van der Waals surface area (Å²) in [6.07, 6.45) is 0. The molecule has 0 saturated carbocycles. The highest BCUT2D eigenvalue weighted by molar-refractivity contribution is 7.19. The van der Waals surface area contributed by atoms with Gasteiger partial charge in [-0.25, -0.2) is 0 Å². The molecule has 0 fully saturated rings. The van der Waals surface area contributed by atoms with Crippen LogP contribution in [0.2, 0.25) is 0 Å². The van der Waals surface area contributed by atoms with Crippen LogP contribution >= 0.6 is 0 Å². The average Bonchev–Trinajstić information content (AvgIpc) is 2.38. The third-order valence-corrected chi connectivity index (χ3v) is 10.4. The molecule has 0 aromatic heterocycles. The van der Waals surface area contributed by atoms with Gasteiger partial charge >= 0.3 is 21.5 Å². The van der Waals surface area contributed by atoms with Crippen LogP contribution in [0.1, 0.15) is 48.5 Å². The van der Waals surface area contributed by atoms with Crippen molar-refractivity contribution < 1.29 is 20.9 Å². The topological polar surface area (TPSA) is 46.2 Å². The van der Waals surface area contributed by atoms with Gasteiger partial charge in [0.2, 0.25) is 0 Å². The first-order valence-electron chi connectivity index (χ1n) is 8.06. The van der Waals surface area contributed by atoms with Gasteiger partial charge in [0.15, 0.2) is 0 Å². The van der Waals surface area contributed by atoms with Crippen molar-refractivity contribution >= 4 is 21.5 Å². The molecule has 0 saturated heterocycles. The van der Waals surface area contributed by atoms with Gasteiger partial charge in [0.05, 0.1) is 0 Å². The fraction of sp³-hybridized carbons (Fsp3) is 1.00. The van der Waals surface area contributed by atoms with Gasteiger partial charge < -0.3 is 20.9 Å². The Kier molecular flexibility index (Phi) is 12.3. The van der Waals surface area contributed by atoms with Gasteiger partial charge in [-0.3, -0.25) is 0 Å². The summed E-state index contributed by atoms with van der Waals surface area (Å²) < 4.78 is 30.0. The zero-order valence-corrected chi connectivity index (χ0v) is 17.0. The normalized spacial score (nSPS) is 12.4. The van der Waals surface area contributed by atoms with E-state index in [0.717, 1.165) is 0 Å². The summed E-state index contributed by atoms with van der Waals surface area (Å²) in [6, 6.07) is 0. The van der Waals surface area contributed by atoms with Crippen LogP contribution in [0.15, 0.2) is 0 Å². The molecule has 0 amide bonds. The van der Waals surface area contributed by atoms with Crippen LogP contribution in [0.4, 0.5) is 0 Å². The highest BCUT2D eigenvalue weighted by atomic mass is 28.9. The lowest BCUT2D eigenvalue weighted by molar-refractivity contribution is 0.0663. The summed E-state index contributed by atoms with van der Waals surface area (Å²) in [5.41, 5.74) is 0. The minimum atomic E-state index is -2.86. The van der Waals surface area contributed by atoms with Crippen molar-refractivity contribution in [2.24, 2.45) is 11.8 Å². The van der Waals surface area contributed by atoms with E-state index in [-0.39, 0.29) is 0 Å². The van der Waals surface area contributed by atoms with E-state index < -0.39 is 21.5 Å². The molecule has 126 valence electrons. The second kappa shape index (κ2) is 12.0. The van der Waals surface area contributed by atoms with Gasteiger partial charge in [0, 0.05) is 33.0 Å². The van der Waals surface area contributed by atoms with E-state index in [4.69, 9.17) is 20.9 Å². The molecular weight excluding hydrogens is 303 g/mol. The molecule has 7 heteroatoms. The van der Waals surface area contributed by atoms with Crippen LogP contribution in [0.5, 0.6) is 0 Å². The van der Waals surface area contributed by atoms with Gasteiger partial charge in [-0.05, 0) is 32.6 Å². The lowest BCUT2D eigenvalue weighted by Gasteiger charge is -2.32. The Balaban J connectivity index is 5.08. The summed E-state index contributed by atoms with van der Waals surface area (Å²) in [4.78, 5) is 0. The van der Waals surface area contributed by atoms with E-state index in [1.807, 2.05) is 20.8 Å². The third kappa shape index (κ3) is 8.67. The Labute approximate surface area is 136 Å². The van der Waals surface area contributed by atoms with Crippen LogP contribution in [-0.4, -0.2) is 54.6 Å². The maximum absolute atomic E-state index is 6.08. The molecule has 0 N–H and O–H groups in total. The van der Waals surface area contributed by atoms with Gasteiger partial charge in [-0.15, -0.1) is 0 Å². The van der Waals surface area contributed by atoms with Crippen LogP contribution < -0.4 is 0 Å². The predicted octanol–water partition coefficient (Wildman–Crippen LogP) is 2.95. The SMILES string of the molecule is CCO[Si](OCC)(OCC)[Al]([O]CC(C)C)[O]CC(C)C. The zero-order valence-electron chi connectivity index (χ0n) is 14.8. The number of rotatable bonds is 13. The fourth-order valence-corrected chi connectivity index (χ4v) is 9.76. The van der Waals surface area contributed by atoms with Crippen LogP contribution in [0.25, 0.3) is 0 Å². The quantitative estimate of drug-likeness (QED) is 0.484. The Morgan fingerprint density at radius 2 is 1.05 bits per heavy atom. The molecule has 5 nitrogen and oxygen atoms in total. The Morgan fingerprint density at radius 1 is 0.714 bits per heavy atom. The molecule has 0 aromatic rings. The van der Waals surface area contributed by atoms with Crippen molar-refractivity contribution in [2.45, 2.75) is 48.5 Å². The minimum Gasteiger partial charge on any atom is -0.476 e. The number of hydrogen-bond donors (Lipinski definition) is 0. The van der Waals surface area contributed by atoms with Gasteiger partial charge in [0.1, 0.15) is 0 Å². The summed E-state index contributed by atoms with van der Waals surface area (Å²) in [6.45, 7) is 17.3. The van der Waals surface area contributed by atoms with Crippen molar-refractivity contribution in [1.82, 2.24) is 0 Å². The van der Waals surface area contributed by atoms with Gasteiger partial charge in [-0.1, -0.05) is 27.7 Å². The fourth-order valence-electron chi connectivity index (χ4n) is 1.74. The maximum Gasteiger partial charge on any atom is 0.769 e. The van der Waals surface area contributed by atoms with Gasteiger partial charge in [-0.2, -0.15) is 0 Å². The highest BCUT2D eigenvalue weighted by Gasteiger charge is 2.61. The van der Waals surface area contributed by atoms with E-state index in [1.54, 1.807) is 0 Å². The van der Waals surface area contributed by atoms with E-state index in [1.165, 1.54) is 0 Å². The molecular formula is C14H33AlO5Si. The average molecular weight is 336 g/mol. The second-order valence-corrected chi connectivity index (χ2v) is 12.6. The van der Waals surface area contributed by atoms with Crippen molar-refractivity contribution in [2.75, 3.05) is 33.0 Å². The lowest BCUT2D eigenvalue weighted by atomic mass is 10.2. The highest BCUT2D eigenvalue weighted by Crippen LogP contribution is 2.18. The standard InChI is InChI=1S/C6H15O3Si.2C4H9O.Al/c1-4-7-10(8-5-2)9-6-3;2*1-4(2)3-5;/h4-6H2,1-3H3;2*4H,3H2,1-2H3;/q;2*-1;+2. The van der Waals surface area contributed by atoms with Gasteiger partial charge in [0.25, 0.3) is 0 Å². The second-order valence-electron chi connectivity index (χ2n) is 5.69. The van der Waals surface area contributed by atoms with Crippen molar-refractivity contribution in [3.05, 3.63) is 0 Å². The maximum atomic E-state index is 6.08. The summed E-state index contributed by atoms with van der Waals surface area (Å²) in [5, 5.41) is 0. The molecule has 0 aliphatic carbocycles. The smallest absolute Gasteiger partial charge is 0.476 e. The molecule has 0 heterocycles. The van der Waals surface area contributed by atoms with E-state index in [0.29, 0.717) is 44.9 Å². The zero-order chi connectivity index (χ0) is 16.3. The van der Waals surface area contributed by atoms with E-state index in [9.17, 15) is 0 Å². The van der Waals surface area contributed by atoms with Crippen molar-refractivity contribution in [1.29, 1.82) is 0 Å². The third-order valence-electron chi connectivity index (χ3n) is 2.49. The largest absolute Gasteiger partial charge is 0.769 e. The number of hydrogen-bond acceptors (Lipinski definition) is 5. The van der Waals surface area contributed by atoms with E-state index >= 15 is 0 Å². The van der Waals surface area contributed by atoms with Crippen molar-refractivity contribution in [3.63, 3.8) is 0 Å². The molecule has 0 spiro atoms. The Bertz CT molecular complexity index is 224. The van der Waals surface area contributed by atoms with Crippen LogP contribution in [-0.2, 0) is 20.9 Å². The lowest BCUT2D eigenvalue weighted by Crippen LogP contribution is -2.62. The Hall–Kier alpha value is 0.549. The molecule has 0 bridgehead atoms. The van der Waals surface area contributed by atoms with Crippen molar-refractivity contribution in [3.8, 4) is 0 Å². The molecule has 0 aromatic carbocycles. The summed E-state index contributed by atoms with van der Waals surface area (Å²) in [5.74, 6) is 0.887. The first-order chi connectivity index (χ1) is 9.91. The van der Waals surface area contributed by atoms with E-state index in [2.05, 4.69) is 27.7 Å². The molecule has 0 rings (SSSR count). The monoisotopic (exact) mass is 336 g/mol. The molecule has 0 unspecified atom stereocenters. The minimum absolute atomic E-state index is 0.444. The Morgan fingerprint density at radius 3 is 1.29 bits per heavy atom. The summed E-state index contributed by atoms with van der Waals surface area (Å²) in [7, 11) is -2.86. The molecule has 0 aliphatic heterocycles. The first kappa shape index (κ1) is 21.5. The van der Waals surface area contributed by atoms with Crippen LogP contribution in [0.3, 0.4) is 0 Å². The first-order valence-corrected chi connectivity index (χ1v) is 12.5. The molecule has 0 atom stereocenters. The molecule has 0 radical (unpaired) electrons. The molecule has 21 heavy (non-hydrogen) atoms. The van der Waals surface area contributed by atoms with Crippen LogP contribution in [0, 0.1) is 11.8 Å². The molecule has 0 aliphatic rings. The summed E-state index contributed by atoms with van der Waals surface area (Å²) >= 11 is -2.18.